The van der Waals surface area contributed by atoms with Crippen molar-refractivity contribution in [2.45, 2.75) is 46.6 Å². The molecule has 5 heteroatoms. The van der Waals surface area contributed by atoms with Crippen LogP contribution in [0.2, 0.25) is 0 Å². The number of thioether (sulfide) groups is 1. The lowest BCUT2D eigenvalue weighted by molar-refractivity contribution is -0.125. The van der Waals surface area contributed by atoms with Gasteiger partial charge < -0.3 is 10.0 Å². The van der Waals surface area contributed by atoms with Crippen LogP contribution in [0.3, 0.4) is 0 Å². The van der Waals surface area contributed by atoms with Crippen molar-refractivity contribution in [3.63, 3.8) is 0 Å². The van der Waals surface area contributed by atoms with E-state index < -0.39 is 11.0 Å². The molecule has 0 aromatic carbocycles. The van der Waals surface area contributed by atoms with Crippen LogP contribution in [0.4, 0.5) is 0 Å². The number of carbonyl (C=O) groups excluding carboxylic acids is 2. The monoisotopic (exact) mass is 285 g/mol. The third kappa shape index (κ3) is 4.99. The van der Waals surface area contributed by atoms with Gasteiger partial charge >= 0.3 is 0 Å². The number of nitrogens with zero attached hydrogens (tertiary/aromatic N) is 1. The average molecular weight is 285 g/mol. The standard InChI is InChI=1S/C14H23NO3S/c1-13(2,3)10(16)8-12-15(11(17)9-19-12)7-6-14(4,5)18/h8,18H,6-7,9H2,1-5H3. The SMILES string of the molecule is CC(C)(O)CCN1C(=O)CSC1=CC(=O)C(C)(C)C. The summed E-state index contributed by atoms with van der Waals surface area (Å²) in [5, 5.41) is 10.4. The van der Waals surface area contributed by atoms with Gasteiger partial charge in [-0.1, -0.05) is 32.5 Å². The maximum atomic E-state index is 12.0. The normalized spacial score (nSPS) is 19.4. The molecule has 0 unspecified atom stereocenters. The van der Waals surface area contributed by atoms with Gasteiger partial charge in [0.1, 0.15) is 0 Å². The van der Waals surface area contributed by atoms with Gasteiger partial charge in [-0.2, -0.15) is 0 Å². The fourth-order valence-electron chi connectivity index (χ4n) is 1.48. The fourth-order valence-corrected chi connectivity index (χ4v) is 2.45. The maximum Gasteiger partial charge on any atom is 0.237 e. The second-order valence-electron chi connectivity index (χ2n) is 6.49. The van der Waals surface area contributed by atoms with Crippen molar-refractivity contribution in [1.29, 1.82) is 0 Å². The van der Waals surface area contributed by atoms with Crippen molar-refractivity contribution in [1.82, 2.24) is 4.90 Å². The van der Waals surface area contributed by atoms with Crippen molar-refractivity contribution < 1.29 is 14.7 Å². The second kappa shape index (κ2) is 5.67. The number of amides is 1. The summed E-state index contributed by atoms with van der Waals surface area (Å²) in [5.74, 6) is 0.384. The fraction of sp³-hybridized carbons (Fsp3) is 0.714. The van der Waals surface area contributed by atoms with E-state index in [1.165, 1.54) is 11.8 Å². The van der Waals surface area contributed by atoms with E-state index >= 15 is 0 Å². The summed E-state index contributed by atoms with van der Waals surface area (Å²) in [4.78, 5) is 25.4. The van der Waals surface area contributed by atoms with Crippen LogP contribution in [0.1, 0.15) is 41.0 Å². The molecule has 0 bridgehead atoms. The van der Waals surface area contributed by atoms with E-state index in [0.717, 1.165) is 0 Å². The summed E-state index contributed by atoms with van der Waals surface area (Å²) in [6.07, 6.45) is 2.04. The first-order chi connectivity index (χ1) is 8.50. The molecular weight excluding hydrogens is 262 g/mol. The largest absolute Gasteiger partial charge is 0.390 e. The van der Waals surface area contributed by atoms with Gasteiger partial charge in [0.2, 0.25) is 5.91 Å². The molecule has 0 radical (unpaired) electrons. The van der Waals surface area contributed by atoms with Crippen LogP contribution in [-0.4, -0.2) is 39.6 Å². The first kappa shape index (κ1) is 16.2. The molecular formula is C14H23NO3S. The van der Waals surface area contributed by atoms with Crippen molar-refractivity contribution in [2.75, 3.05) is 12.3 Å². The molecule has 1 rings (SSSR count). The maximum absolute atomic E-state index is 12.0. The predicted molar refractivity (Wildman–Crippen MR) is 77.6 cm³/mol. The lowest BCUT2D eigenvalue weighted by atomic mass is 9.91. The molecule has 19 heavy (non-hydrogen) atoms. The molecule has 1 fully saturated rings. The third-order valence-corrected chi connectivity index (χ3v) is 3.88. The van der Waals surface area contributed by atoms with Crippen LogP contribution >= 0.6 is 11.8 Å². The zero-order valence-electron chi connectivity index (χ0n) is 12.3. The van der Waals surface area contributed by atoms with Gasteiger partial charge in [0.15, 0.2) is 5.78 Å². The highest BCUT2D eigenvalue weighted by atomic mass is 32.2. The Morgan fingerprint density at radius 3 is 2.42 bits per heavy atom. The molecule has 1 amide bonds. The van der Waals surface area contributed by atoms with Gasteiger partial charge in [0.05, 0.1) is 16.4 Å². The molecule has 1 saturated heterocycles. The summed E-state index contributed by atoms with van der Waals surface area (Å²) in [5.41, 5.74) is -1.26. The van der Waals surface area contributed by atoms with Crippen molar-refractivity contribution in [2.24, 2.45) is 5.41 Å². The topological polar surface area (TPSA) is 57.6 Å². The Bertz CT molecular complexity index is 402. The van der Waals surface area contributed by atoms with Crippen molar-refractivity contribution in [3.05, 3.63) is 11.1 Å². The van der Waals surface area contributed by atoms with E-state index in [2.05, 4.69) is 0 Å². The molecule has 1 aliphatic rings. The molecule has 0 spiro atoms. The number of rotatable bonds is 4. The zero-order chi connectivity index (χ0) is 14.8. The summed E-state index contributed by atoms with van der Waals surface area (Å²) >= 11 is 1.39. The number of hydrogen-bond donors (Lipinski definition) is 1. The Morgan fingerprint density at radius 1 is 1.37 bits per heavy atom. The van der Waals surface area contributed by atoms with Crippen LogP contribution in [-0.2, 0) is 9.59 Å². The minimum Gasteiger partial charge on any atom is -0.390 e. The smallest absolute Gasteiger partial charge is 0.237 e. The first-order valence-electron chi connectivity index (χ1n) is 6.42. The number of carbonyl (C=O) groups is 2. The van der Waals surface area contributed by atoms with E-state index in [-0.39, 0.29) is 11.7 Å². The molecule has 0 aromatic heterocycles. The molecule has 0 saturated carbocycles. The van der Waals surface area contributed by atoms with E-state index in [1.807, 2.05) is 20.8 Å². The minimum absolute atomic E-state index is 0.00205. The van der Waals surface area contributed by atoms with Crippen LogP contribution in [0.15, 0.2) is 11.1 Å². The lowest BCUT2D eigenvalue weighted by Crippen LogP contribution is -2.32. The highest BCUT2D eigenvalue weighted by molar-refractivity contribution is 8.04. The molecule has 4 nitrogen and oxygen atoms in total. The predicted octanol–water partition coefficient (Wildman–Crippen LogP) is 2.18. The number of ketones is 1. The summed E-state index contributed by atoms with van der Waals surface area (Å²) in [7, 11) is 0. The first-order valence-corrected chi connectivity index (χ1v) is 7.41. The van der Waals surface area contributed by atoms with Gasteiger partial charge in [0, 0.05) is 18.0 Å². The van der Waals surface area contributed by atoms with Crippen LogP contribution in [0.5, 0.6) is 0 Å². The van der Waals surface area contributed by atoms with Crippen LogP contribution in [0, 0.1) is 5.41 Å². The molecule has 0 atom stereocenters. The third-order valence-electron chi connectivity index (χ3n) is 2.85. The quantitative estimate of drug-likeness (QED) is 0.804. The van der Waals surface area contributed by atoms with E-state index in [9.17, 15) is 14.7 Å². The number of aliphatic hydroxyl groups is 1. The van der Waals surface area contributed by atoms with E-state index in [4.69, 9.17) is 0 Å². The van der Waals surface area contributed by atoms with E-state index in [0.29, 0.717) is 23.7 Å². The summed E-state index contributed by atoms with van der Waals surface area (Å²) < 4.78 is 0. The Morgan fingerprint density at radius 2 is 1.95 bits per heavy atom. The average Bonchev–Trinajstić information content (AvgIpc) is 2.54. The van der Waals surface area contributed by atoms with Crippen molar-refractivity contribution >= 4 is 23.5 Å². The van der Waals surface area contributed by atoms with E-state index in [1.54, 1.807) is 24.8 Å². The number of allylic oxidation sites excluding steroid dienone is 1. The molecule has 1 heterocycles. The van der Waals surface area contributed by atoms with Crippen molar-refractivity contribution in [3.8, 4) is 0 Å². The Hall–Kier alpha value is -0.810. The van der Waals surface area contributed by atoms with Crippen LogP contribution in [0.25, 0.3) is 0 Å². The van der Waals surface area contributed by atoms with Gasteiger partial charge in [-0.25, -0.2) is 0 Å². The Balaban J connectivity index is 2.80. The summed E-state index contributed by atoms with van der Waals surface area (Å²) in [6, 6.07) is 0. The zero-order valence-corrected chi connectivity index (χ0v) is 13.1. The molecule has 0 aromatic rings. The summed E-state index contributed by atoms with van der Waals surface area (Å²) in [6.45, 7) is 9.44. The number of hydrogen-bond acceptors (Lipinski definition) is 4. The molecule has 1 N–H and O–H groups in total. The Kier molecular flexibility index (Phi) is 4.85. The van der Waals surface area contributed by atoms with Gasteiger partial charge in [-0.05, 0) is 20.3 Å². The minimum atomic E-state index is -0.813. The second-order valence-corrected chi connectivity index (χ2v) is 7.49. The Labute approximate surface area is 119 Å². The highest BCUT2D eigenvalue weighted by Gasteiger charge is 2.30. The molecule has 0 aliphatic carbocycles. The van der Waals surface area contributed by atoms with Gasteiger partial charge in [-0.15, -0.1) is 0 Å². The van der Waals surface area contributed by atoms with Crippen LogP contribution < -0.4 is 0 Å². The molecule has 108 valence electrons. The highest BCUT2D eigenvalue weighted by Crippen LogP contribution is 2.31. The lowest BCUT2D eigenvalue weighted by Gasteiger charge is -2.23. The molecule has 1 aliphatic heterocycles. The van der Waals surface area contributed by atoms with Gasteiger partial charge in [0.25, 0.3) is 0 Å². The van der Waals surface area contributed by atoms with Gasteiger partial charge in [-0.3, -0.25) is 9.59 Å².